The molecule has 1 aliphatic carbocycles. The van der Waals surface area contributed by atoms with Gasteiger partial charge in [0.05, 0.1) is 24.3 Å². The minimum Gasteiger partial charge on any atom is -0.494 e. The maximum absolute atomic E-state index is 12.4. The normalized spacial score (nSPS) is 13.6. The molecule has 1 amide bonds. The molecule has 4 aromatic rings. The van der Waals surface area contributed by atoms with E-state index in [1.807, 2.05) is 30.3 Å². The zero-order valence-electron chi connectivity index (χ0n) is 21.8. The first-order chi connectivity index (χ1) is 19.0. The molecule has 5 rings (SSSR count). The molecule has 0 atom stereocenters. The van der Waals surface area contributed by atoms with Gasteiger partial charge in [-0.15, -0.1) is 0 Å². The van der Waals surface area contributed by atoms with Crippen molar-refractivity contribution in [3.8, 4) is 17.4 Å². The molecule has 7 nitrogen and oxygen atoms in total. The van der Waals surface area contributed by atoms with Gasteiger partial charge >= 0.3 is 5.97 Å². The van der Waals surface area contributed by atoms with Crippen LogP contribution in [0.2, 0.25) is 0 Å². The lowest BCUT2D eigenvalue weighted by Gasteiger charge is -2.21. The van der Waals surface area contributed by atoms with Crippen molar-refractivity contribution < 1.29 is 24.2 Å². The van der Waals surface area contributed by atoms with Crippen molar-refractivity contribution in [1.29, 1.82) is 0 Å². The molecule has 1 aromatic heterocycles. The minimum atomic E-state index is -1.10. The predicted molar refractivity (Wildman–Crippen MR) is 151 cm³/mol. The van der Waals surface area contributed by atoms with E-state index in [0.717, 1.165) is 35.5 Å². The number of hydrogen-bond donors (Lipinski definition) is 2. The Morgan fingerprint density at radius 2 is 1.64 bits per heavy atom. The molecule has 0 saturated heterocycles. The van der Waals surface area contributed by atoms with Gasteiger partial charge in [-0.1, -0.05) is 62.4 Å². The fraction of sp³-hybridized carbons (Fsp3) is 0.281. The van der Waals surface area contributed by atoms with Gasteiger partial charge in [0, 0.05) is 12.3 Å². The van der Waals surface area contributed by atoms with Crippen molar-refractivity contribution in [2.75, 3.05) is 11.9 Å². The number of para-hydroxylation sites is 1. The second-order valence-corrected chi connectivity index (χ2v) is 9.99. The maximum atomic E-state index is 12.4. The van der Waals surface area contributed by atoms with Gasteiger partial charge in [0.15, 0.2) is 0 Å². The van der Waals surface area contributed by atoms with Crippen LogP contribution in [0.25, 0.3) is 10.8 Å². The van der Waals surface area contributed by atoms with E-state index in [9.17, 15) is 14.7 Å². The van der Waals surface area contributed by atoms with Gasteiger partial charge in [-0.25, -0.2) is 9.78 Å². The number of aromatic carboxylic acids is 1. The van der Waals surface area contributed by atoms with Crippen molar-refractivity contribution in [2.45, 2.75) is 44.9 Å². The highest BCUT2D eigenvalue weighted by Gasteiger charge is 2.14. The lowest BCUT2D eigenvalue weighted by molar-refractivity contribution is -0.115. The Hall–Kier alpha value is -4.39. The number of carbonyl (C=O) groups excluding carboxylic acids is 1. The average Bonchev–Trinajstić information content (AvgIpc) is 2.95. The number of amides is 1. The number of fused-ring (bicyclic) bond motifs is 1. The molecule has 0 radical (unpaired) electrons. The second kappa shape index (κ2) is 12.4. The van der Waals surface area contributed by atoms with Crippen LogP contribution in [0.4, 0.5) is 5.69 Å². The van der Waals surface area contributed by atoms with Crippen LogP contribution in [0.3, 0.4) is 0 Å². The molecule has 39 heavy (non-hydrogen) atoms. The Morgan fingerprint density at radius 1 is 0.897 bits per heavy atom. The Kier molecular flexibility index (Phi) is 8.36. The van der Waals surface area contributed by atoms with Gasteiger partial charge in [-0.3, -0.25) is 4.79 Å². The summed E-state index contributed by atoms with van der Waals surface area (Å²) in [4.78, 5) is 28.1. The first-order valence-corrected chi connectivity index (χ1v) is 13.4. The Balaban J connectivity index is 1.15. The number of nitrogens with one attached hydrogen (secondary N) is 1. The molecule has 0 unspecified atom stereocenters. The van der Waals surface area contributed by atoms with Crippen LogP contribution < -0.4 is 14.8 Å². The number of carbonyl (C=O) groups is 2. The van der Waals surface area contributed by atoms with Crippen LogP contribution in [0.5, 0.6) is 17.4 Å². The number of rotatable bonds is 10. The third kappa shape index (κ3) is 7.13. The van der Waals surface area contributed by atoms with Crippen molar-refractivity contribution in [3.63, 3.8) is 0 Å². The van der Waals surface area contributed by atoms with E-state index in [0.29, 0.717) is 17.2 Å². The summed E-state index contributed by atoms with van der Waals surface area (Å²) in [6.45, 7) is 0.760. The molecule has 0 aliphatic heterocycles. The molecule has 200 valence electrons. The van der Waals surface area contributed by atoms with Crippen molar-refractivity contribution in [1.82, 2.24) is 4.98 Å². The fourth-order valence-corrected chi connectivity index (χ4v) is 5.03. The number of hydrogen-bond acceptors (Lipinski definition) is 5. The van der Waals surface area contributed by atoms with Gasteiger partial charge in [0.25, 0.3) is 0 Å². The van der Waals surface area contributed by atoms with Crippen LogP contribution in [0, 0.1) is 5.92 Å². The highest BCUT2D eigenvalue weighted by molar-refractivity contribution is 6.01. The Morgan fingerprint density at radius 3 is 2.38 bits per heavy atom. The Labute approximate surface area is 227 Å². The number of ether oxygens (including phenoxy) is 2. The number of anilines is 1. The lowest BCUT2D eigenvalue weighted by Crippen LogP contribution is -2.16. The average molecular weight is 525 g/mol. The molecule has 1 saturated carbocycles. The monoisotopic (exact) mass is 524 g/mol. The van der Waals surface area contributed by atoms with Crippen LogP contribution in [-0.4, -0.2) is 28.6 Å². The molecular weight excluding hydrogens is 492 g/mol. The predicted octanol–water partition coefficient (Wildman–Crippen LogP) is 7.26. The molecule has 0 spiro atoms. The van der Waals surface area contributed by atoms with E-state index in [-0.39, 0.29) is 23.6 Å². The zero-order valence-corrected chi connectivity index (χ0v) is 21.8. The summed E-state index contributed by atoms with van der Waals surface area (Å²) in [5.41, 5.74) is 0.987. The molecule has 1 fully saturated rings. The first kappa shape index (κ1) is 26.2. The number of nitrogens with zero attached hydrogens (tertiary/aromatic N) is 1. The van der Waals surface area contributed by atoms with Crippen LogP contribution in [0.1, 0.15) is 54.4 Å². The summed E-state index contributed by atoms with van der Waals surface area (Å²) in [5.74, 6) is 1.35. The zero-order chi connectivity index (χ0) is 27.0. The van der Waals surface area contributed by atoms with Crippen LogP contribution in [-0.2, 0) is 11.2 Å². The van der Waals surface area contributed by atoms with Gasteiger partial charge < -0.3 is 19.9 Å². The minimum absolute atomic E-state index is 0.0431. The van der Waals surface area contributed by atoms with E-state index in [2.05, 4.69) is 16.4 Å². The lowest BCUT2D eigenvalue weighted by atomic mass is 9.87. The van der Waals surface area contributed by atoms with Gasteiger partial charge in [0.2, 0.25) is 11.8 Å². The van der Waals surface area contributed by atoms with E-state index in [1.54, 1.807) is 36.5 Å². The third-order valence-electron chi connectivity index (χ3n) is 7.12. The maximum Gasteiger partial charge on any atom is 0.337 e. The van der Waals surface area contributed by atoms with Gasteiger partial charge in [-0.2, -0.15) is 0 Å². The quantitative estimate of drug-likeness (QED) is 0.227. The second-order valence-electron chi connectivity index (χ2n) is 9.99. The highest BCUT2D eigenvalue weighted by atomic mass is 16.5. The van der Waals surface area contributed by atoms with Gasteiger partial charge in [0.1, 0.15) is 11.5 Å². The van der Waals surface area contributed by atoms with E-state index < -0.39 is 5.97 Å². The molecule has 2 N–H and O–H groups in total. The summed E-state index contributed by atoms with van der Waals surface area (Å²) in [7, 11) is 0. The largest absolute Gasteiger partial charge is 0.494 e. The summed E-state index contributed by atoms with van der Waals surface area (Å²) < 4.78 is 12.0. The van der Waals surface area contributed by atoms with Crippen molar-refractivity contribution in [3.05, 3.63) is 90.1 Å². The molecule has 1 heterocycles. The molecular formula is C32H32N2O5. The van der Waals surface area contributed by atoms with E-state index in [1.165, 1.54) is 38.2 Å². The van der Waals surface area contributed by atoms with E-state index >= 15 is 0 Å². The van der Waals surface area contributed by atoms with Gasteiger partial charge in [-0.05, 0) is 65.1 Å². The van der Waals surface area contributed by atoms with E-state index in [4.69, 9.17) is 9.47 Å². The summed E-state index contributed by atoms with van der Waals surface area (Å²) in [5, 5.41) is 14.1. The number of benzene rings is 3. The molecule has 7 heteroatoms. The number of pyridine rings is 1. The first-order valence-electron chi connectivity index (χ1n) is 13.4. The molecule has 0 bridgehead atoms. The number of aromatic nitrogens is 1. The number of carboxylic acids is 1. The molecule has 3 aromatic carbocycles. The number of carboxylic acid groups (broad SMARTS) is 1. The summed E-state index contributed by atoms with van der Waals surface area (Å²) in [6.07, 6.45) is 9.52. The SMILES string of the molecule is O=C(Cc1ccc(Oc2ccc3cc(OCCC4CCCCC4)ccc3c2)nc1)Nc1ccccc1C(=O)O. The fourth-order valence-electron chi connectivity index (χ4n) is 5.03. The smallest absolute Gasteiger partial charge is 0.337 e. The van der Waals surface area contributed by atoms with Crippen molar-refractivity contribution >= 4 is 28.3 Å². The van der Waals surface area contributed by atoms with Crippen LogP contribution in [0.15, 0.2) is 79.0 Å². The summed E-state index contributed by atoms with van der Waals surface area (Å²) in [6, 6.07) is 21.7. The van der Waals surface area contributed by atoms with Crippen molar-refractivity contribution in [2.24, 2.45) is 5.92 Å². The standard InChI is InChI=1S/C32H32N2O5/c35-30(34-29-9-5-4-8-28(29)32(36)37)18-23-10-15-31(33-21-23)39-27-14-12-24-19-26(13-11-25(24)20-27)38-17-16-22-6-2-1-3-7-22/h4-5,8-15,19-22H,1-3,6-7,16-18H2,(H,34,35)(H,36,37). The topological polar surface area (TPSA) is 97.8 Å². The Bertz CT molecular complexity index is 1440. The van der Waals surface area contributed by atoms with Crippen LogP contribution >= 0.6 is 0 Å². The highest BCUT2D eigenvalue weighted by Crippen LogP contribution is 2.29. The summed E-state index contributed by atoms with van der Waals surface area (Å²) >= 11 is 0. The molecule has 1 aliphatic rings. The third-order valence-corrected chi connectivity index (χ3v) is 7.12.